The van der Waals surface area contributed by atoms with Gasteiger partial charge in [0.05, 0.1) is 7.11 Å². The first-order valence-corrected chi connectivity index (χ1v) is 5.93. The van der Waals surface area contributed by atoms with Crippen LogP contribution < -0.4 is 10.5 Å². The van der Waals surface area contributed by atoms with Crippen LogP contribution in [0.15, 0.2) is 24.3 Å². The van der Waals surface area contributed by atoms with Crippen LogP contribution in [0.3, 0.4) is 0 Å². The summed E-state index contributed by atoms with van der Waals surface area (Å²) in [5, 5.41) is 0. The van der Waals surface area contributed by atoms with E-state index in [-0.39, 0.29) is 18.0 Å². The fourth-order valence-corrected chi connectivity index (χ4v) is 1.54. The highest BCUT2D eigenvalue weighted by Crippen LogP contribution is 2.18. The van der Waals surface area contributed by atoms with Crippen LogP contribution in [0.5, 0.6) is 5.75 Å². The van der Waals surface area contributed by atoms with Crippen molar-refractivity contribution >= 4 is 18.4 Å². The van der Waals surface area contributed by atoms with Gasteiger partial charge in [-0.3, -0.25) is 4.79 Å². The lowest BCUT2D eigenvalue weighted by Gasteiger charge is -2.21. The third kappa shape index (κ3) is 6.45. The number of benzene rings is 1. The summed E-state index contributed by atoms with van der Waals surface area (Å²) in [5.41, 5.74) is 6.46. The van der Waals surface area contributed by atoms with Crippen LogP contribution in [-0.4, -0.2) is 24.7 Å². The summed E-state index contributed by atoms with van der Waals surface area (Å²) in [6, 6.07) is 6.95. The Balaban J connectivity index is 0.00000324. The van der Waals surface area contributed by atoms with Gasteiger partial charge in [0.1, 0.15) is 17.4 Å². The number of hydrogen-bond donors (Lipinski definition) is 1. The Hall–Kier alpha value is -1.26. The zero-order chi connectivity index (χ0) is 13.8. The lowest BCUT2D eigenvalue weighted by Crippen LogP contribution is -2.33. The molecule has 0 heterocycles. The van der Waals surface area contributed by atoms with Gasteiger partial charge in [0, 0.05) is 0 Å². The highest BCUT2D eigenvalue weighted by molar-refractivity contribution is 5.85. The maximum Gasteiger partial charge on any atom is 0.322 e. The second-order valence-electron chi connectivity index (χ2n) is 5.19. The van der Waals surface area contributed by atoms with Gasteiger partial charge in [-0.05, 0) is 44.9 Å². The molecule has 0 aliphatic carbocycles. The molecule has 0 spiro atoms. The normalized spacial score (nSPS) is 12.3. The summed E-state index contributed by atoms with van der Waals surface area (Å²) < 4.78 is 10.3. The third-order valence-electron chi connectivity index (χ3n) is 2.31. The van der Waals surface area contributed by atoms with E-state index >= 15 is 0 Å². The summed E-state index contributed by atoms with van der Waals surface area (Å²) in [4.78, 5) is 11.2. The molecule has 4 nitrogen and oxygen atoms in total. The SMILES string of the molecule is COC(=O)[C@H](N)Cc1ccc(OC(C)(C)C)cc1.Cl. The number of carbonyl (C=O) groups is 1. The number of carbonyl (C=O) groups excluding carboxylic acids is 1. The van der Waals surface area contributed by atoms with Crippen molar-refractivity contribution in [1.82, 2.24) is 0 Å². The average Bonchev–Trinajstić information content (AvgIpc) is 2.28. The minimum absolute atomic E-state index is 0. The Bertz CT molecular complexity index is 398. The van der Waals surface area contributed by atoms with Gasteiger partial charge < -0.3 is 15.2 Å². The third-order valence-corrected chi connectivity index (χ3v) is 2.31. The molecular formula is C14H22ClNO3. The van der Waals surface area contributed by atoms with Gasteiger partial charge in [-0.15, -0.1) is 12.4 Å². The summed E-state index contributed by atoms with van der Waals surface area (Å²) in [7, 11) is 1.34. The van der Waals surface area contributed by atoms with Crippen LogP contribution in [0.25, 0.3) is 0 Å². The van der Waals surface area contributed by atoms with Crippen molar-refractivity contribution in [3.8, 4) is 5.75 Å². The predicted octanol–water partition coefficient (Wildman–Crippen LogP) is 2.33. The molecule has 0 amide bonds. The number of rotatable bonds is 4. The highest BCUT2D eigenvalue weighted by atomic mass is 35.5. The van der Waals surface area contributed by atoms with Crippen LogP contribution in [0.4, 0.5) is 0 Å². The van der Waals surface area contributed by atoms with Gasteiger partial charge in [0.25, 0.3) is 0 Å². The van der Waals surface area contributed by atoms with E-state index in [4.69, 9.17) is 10.5 Å². The Morgan fingerprint density at radius 3 is 2.21 bits per heavy atom. The van der Waals surface area contributed by atoms with E-state index in [2.05, 4.69) is 4.74 Å². The number of hydrogen-bond acceptors (Lipinski definition) is 4. The number of halogens is 1. The molecule has 19 heavy (non-hydrogen) atoms. The molecule has 5 heteroatoms. The van der Waals surface area contributed by atoms with Crippen molar-refractivity contribution in [2.24, 2.45) is 5.73 Å². The molecule has 0 aromatic heterocycles. The van der Waals surface area contributed by atoms with E-state index in [1.165, 1.54) is 7.11 Å². The van der Waals surface area contributed by atoms with E-state index in [0.717, 1.165) is 11.3 Å². The Morgan fingerprint density at radius 1 is 1.26 bits per heavy atom. The second kappa shape index (κ2) is 7.36. The lowest BCUT2D eigenvalue weighted by molar-refractivity contribution is -0.142. The molecule has 108 valence electrons. The van der Waals surface area contributed by atoms with Crippen molar-refractivity contribution in [3.05, 3.63) is 29.8 Å². The predicted molar refractivity (Wildman–Crippen MR) is 77.8 cm³/mol. The molecule has 0 saturated carbocycles. The summed E-state index contributed by atoms with van der Waals surface area (Å²) in [6.45, 7) is 5.98. The van der Waals surface area contributed by atoms with E-state index in [1.54, 1.807) is 0 Å². The van der Waals surface area contributed by atoms with Gasteiger partial charge in [0.2, 0.25) is 0 Å². The van der Waals surface area contributed by atoms with Crippen LogP contribution in [0, 0.1) is 0 Å². The highest BCUT2D eigenvalue weighted by Gasteiger charge is 2.15. The maximum absolute atomic E-state index is 11.2. The van der Waals surface area contributed by atoms with Crippen LogP contribution >= 0.6 is 12.4 Å². The molecule has 0 aliphatic heterocycles. The van der Waals surface area contributed by atoms with Gasteiger partial charge in [-0.1, -0.05) is 12.1 Å². The van der Waals surface area contributed by atoms with Crippen LogP contribution in [0.2, 0.25) is 0 Å². The quantitative estimate of drug-likeness (QED) is 0.864. The van der Waals surface area contributed by atoms with Crippen molar-refractivity contribution in [3.63, 3.8) is 0 Å². The topological polar surface area (TPSA) is 61.5 Å². The molecular weight excluding hydrogens is 266 g/mol. The zero-order valence-corrected chi connectivity index (χ0v) is 12.6. The van der Waals surface area contributed by atoms with Gasteiger partial charge in [-0.25, -0.2) is 0 Å². The monoisotopic (exact) mass is 287 g/mol. The molecule has 1 rings (SSSR count). The number of esters is 1. The fraction of sp³-hybridized carbons (Fsp3) is 0.500. The van der Waals surface area contributed by atoms with E-state index in [0.29, 0.717) is 6.42 Å². The molecule has 0 radical (unpaired) electrons. The van der Waals surface area contributed by atoms with Gasteiger partial charge in [0.15, 0.2) is 0 Å². The van der Waals surface area contributed by atoms with Crippen molar-refractivity contribution in [1.29, 1.82) is 0 Å². The molecule has 1 atom stereocenters. The number of nitrogens with two attached hydrogens (primary N) is 1. The molecule has 2 N–H and O–H groups in total. The van der Waals surface area contributed by atoms with Crippen LogP contribution in [-0.2, 0) is 16.0 Å². The Morgan fingerprint density at radius 2 is 1.79 bits per heavy atom. The van der Waals surface area contributed by atoms with Crippen molar-refractivity contribution in [2.45, 2.75) is 38.8 Å². The Kier molecular flexibility index (Phi) is 6.87. The first kappa shape index (κ1) is 17.7. The van der Waals surface area contributed by atoms with Crippen molar-refractivity contribution < 1.29 is 14.3 Å². The summed E-state index contributed by atoms with van der Waals surface area (Å²) in [6.07, 6.45) is 0.461. The lowest BCUT2D eigenvalue weighted by atomic mass is 10.1. The molecule has 0 fully saturated rings. The smallest absolute Gasteiger partial charge is 0.322 e. The van der Waals surface area contributed by atoms with Gasteiger partial charge >= 0.3 is 5.97 Å². The van der Waals surface area contributed by atoms with Gasteiger partial charge in [-0.2, -0.15) is 0 Å². The Labute approximate surface area is 120 Å². The minimum atomic E-state index is -0.621. The maximum atomic E-state index is 11.2. The first-order chi connectivity index (χ1) is 8.31. The molecule has 0 aliphatic rings. The molecule has 0 saturated heterocycles. The van der Waals surface area contributed by atoms with E-state index < -0.39 is 12.0 Å². The number of ether oxygens (including phenoxy) is 2. The van der Waals surface area contributed by atoms with E-state index in [1.807, 2.05) is 45.0 Å². The number of methoxy groups -OCH3 is 1. The second-order valence-corrected chi connectivity index (χ2v) is 5.19. The summed E-state index contributed by atoms with van der Waals surface area (Å²) in [5.74, 6) is 0.405. The molecule has 1 aromatic carbocycles. The average molecular weight is 288 g/mol. The zero-order valence-electron chi connectivity index (χ0n) is 11.8. The largest absolute Gasteiger partial charge is 0.488 e. The van der Waals surface area contributed by atoms with E-state index in [9.17, 15) is 4.79 Å². The first-order valence-electron chi connectivity index (χ1n) is 5.93. The summed E-state index contributed by atoms with van der Waals surface area (Å²) >= 11 is 0. The standard InChI is InChI=1S/C14H21NO3.ClH/c1-14(2,3)18-11-7-5-10(6-8-11)9-12(15)13(16)17-4;/h5-8,12H,9,15H2,1-4H3;1H/t12-;/m1./s1. The minimum Gasteiger partial charge on any atom is -0.488 e. The molecule has 0 unspecified atom stereocenters. The van der Waals surface area contributed by atoms with Crippen molar-refractivity contribution in [2.75, 3.05) is 7.11 Å². The van der Waals surface area contributed by atoms with Crippen LogP contribution in [0.1, 0.15) is 26.3 Å². The molecule has 0 bridgehead atoms. The fourth-order valence-electron chi connectivity index (χ4n) is 1.54. The molecule has 1 aromatic rings.